The van der Waals surface area contributed by atoms with E-state index in [1.807, 2.05) is 6.07 Å². The molecule has 2 fully saturated rings. The van der Waals surface area contributed by atoms with Crippen LogP contribution in [0.25, 0.3) is 0 Å². The number of nitrogens with zero attached hydrogens (tertiary/aromatic N) is 2. The van der Waals surface area contributed by atoms with Gasteiger partial charge in [0, 0.05) is 19.2 Å². The molecule has 11 heteroatoms. The molecule has 1 aromatic heterocycles. The van der Waals surface area contributed by atoms with Gasteiger partial charge in [0.05, 0.1) is 6.54 Å². The first kappa shape index (κ1) is 23.0. The number of hydrogen-bond acceptors (Lipinski definition) is 8. The van der Waals surface area contributed by atoms with Crippen molar-refractivity contribution < 1.29 is 28.2 Å². The van der Waals surface area contributed by atoms with Crippen LogP contribution in [0.2, 0.25) is 0 Å². The lowest BCUT2D eigenvalue weighted by molar-refractivity contribution is -0.118. The summed E-state index contributed by atoms with van der Waals surface area (Å²) in [5.74, 6) is 1.64. The first-order chi connectivity index (χ1) is 17.5. The molecular weight excluding hydrogens is 469 g/mol. The molecular formula is C25H28FN5O5. The van der Waals surface area contributed by atoms with Gasteiger partial charge < -0.3 is 30.2 Å². The van der Waals surface area contributed by atoms with Crippen molar-refractivity contribution in [2.24, 2.45) is 5.92 Å². The molecule has 190 valence electrons. The number of carbonyl (C=O) groups excluding carboxylic acids is 2. The number of nitrogens with one attached hydrogen (secondary N) is 3. The molecule has 2 amide bonds. The van der Waals surface area contributed by atoms with Gasteiger partial charge in [-0.1, -0.05) is 0 Å². The zero-order chi connectivity index (χ0) is 24.6. The lowest BCUT2D eigenvalue weighted by Gasteiger charge is -2.28. The Morgan fingerprint density at radius 3 is 2.94 bits per heavy atom. The van der Waals surface area contributed by atoms with Crippen molar-refractivity contribution in [1.29, 1.82) is 0 Å². The maximum absolute atomic E-state index is 14.6. The summed E-state index contributed by atoms with van der Waals surface area (Å²) in [5.41, 5.74) is 1.82. The van der Waals surface area contributed by atoms with Gasteiger partial charge >= 0.3 is 6.09 Å². The lowest BCUT2D eigenvalue weighted by Crippen LogP contribution is -2.50. The van der Waals surface area contributed by atoms with Gasteiger partial charge in [-0.2, -0.15) is 0 Å². The van der Waals surface area contributed by atoms with E-state index in [1.165, 1.54) is 11.0 Å². The average Bonchev–Trinajstić information content (AvgIpc) is 3.42. The number of carbonyl (C=O) groups is 2. The van der Waals surface area contributed by atoms with Crippen LogP contribution >= 0.6 is 0 Å². The standard InChI is InChI=1S/C25H28FN5O5/c26-20-8-17(35-18-10-28-11-18)7-15-5-14(6-19(15)20)9-27-4-3-16-12-31(25(33)36-16)22-2-1-21-24(29-22)30-23(32)13-34-21/h1-2,7-8,14,16,18,27-28H,3-6,9-13H2,(H,29,30,32). The number of cyclic esters (lactones) is 1. The molecule has 4 aliphatic rings. The van der Waals surface area contributed by atoms with Crippen LogP contribution < -0.4 is 30.3 Å². The van der Waals surface area contributed by atoms with Crippen molar-refractivity contribution >= 4 is 23.6 Å². The van der Waals surface area contributed by atoms with Gasteiger partial charge in [0.1, 0.15) is 29.6 Å². The molecule has 6 rings (SSSR count). The van der Waals surface area contributed by atoms with Crippen LogP contribution in [-0.4, -0.2) is 68.5 Å². The smallest absolute Gasteiger partial charge is 0.415 e. The first-order valence-corrected chi connectivity index (χ1v) is 12.3. The van der Waals surface area contributed by atoms with Crippen LogP contribution in [0.5, 0.6) is 11.5 Å². The van der Waals surface area contributed by atoms with Crippen molar-refractivity contribution in [2.45, 2.75) is 31.5 Å². The Labute approximate surface area is 207 Å². The van der Waals surface area contributed by atoms with E-state index in [0.717, 1.165) is 37.2 Å². The van der Waals surface area contributed by atoms with E-state index in [2.05, 4.69) is 20.9 Å². The second-order valence-electron chi connectivity index (χ2n) is 9.68. The number of aromatic nitrogens is 1. The molecule has 3 N–H and O–H groups in total. The van der Waals surface area contributed by atoms with Crippen molar-refractivity contribution in [1.82, 2.24) is 15.6 Å². The molecule has 0 spiro atoms. The summed E-state index contributed by atoms with van der Waals surface area (Å²) in [6, 6.07) is 6.84. The Kier molecular flexibility index (Phi) is 6.10. The van der Waals surface area contributed by atoms with Crippen LogP contribution in [-0.2, 0) is 22.4 Å². The second kappa shape index (κ2) is 9.55. The third-order valence-corrected chi connectivity index (χ3v) is 7.00. The molecule has 2 aromatic rings. The fourth-order valence-corrected chi connectivity index (χ4v) is 5.03. The topological polar surface area (TPSA) is 114 Å². The third-order valence-electron chi connectivity index (χ3n) is 7.00. The summed E-state index contributed by atoms with van der Waals surface area (Å²) in [6.45, 7) is 3.36. The minimum Gasteiger partial charge on any atom is -0.488 e. The van der Waals surface area contributed by atoms with Gasteiger partial charge in [-0.3, -0.25) is 9.69 Å². The fourth-order valence-electron chi connectivity index (χ4n) is 5.03. The molecule has 1 aromatic carbocycles. The monoisotopic (exact) mass is 497 g/mol. The summed E-state index contributed by atoms with van der Waals surface area (Å²) >= 11 is 0. The quantitative estimate of drug-likeness (QED) is 0.472. The lowest BCUT2D eigenvalue weighted by atomic mass is 10.1. The molecule has 10 nitrogen and oxygen atoms in total. The van der Waals surface area contributed by atoms with Crippen LogP contribution in [0.4, 0.5) is 20.8 Å². The van der Waals surface area contributed by atoms with E-state index in [-0.39, 0.29) is 30.5 Å². The summed E-state index contributed by atoms with van der Waals surface area (Å²) < 4.78 is 31.3. The fraction of sp³-hybridized carbons (Fsp3) is 0.480. The number of pyridine rings is 1. The summed E-state index contributed by atoms with van der Waals surface area (Å²) in [6.07, 6.45) is 1.56. The molecule has 0 bridgehead atoms. The summed E-state index contributed by atoms with van der Waals surface area (Å²) in [4.78, 5) is 29.8. The van der Waals surface area contributed by atoms with Crippen LogP contribution in [0.15, 0.2) is 24.3 Å². The number of anilines is 2. The molecule has 0 radical (unpaired) electrons. The average molecular weight is 498 g/mol. The van der Waals surface area contributed by atoms with Gasteiger partial charge in [0.25, 0.3) is 5.91 Å². The first-order valence-electron chi connectivity index (χ1n) is 12.3. The molecule has 2 saturated heterocycles. The highest BCUT2D eigenvalue weighted by Gasteiger charge is 2.34. The Balaban J connectivity index is 0.970. The van der Waals surface area contributed by atoms with Crippen LogP contribution in [0, 0.1) is 11.7 Å². The number of hydrogen-bond donors (Lipinski definition) is 3. The van der Waals surface area contributed by atoms with E-state index in [1.54, 1.807) is 12.1 Å². The largest absolute Gasteiger partial charge is 0.488 e. The Morgan fingerprint density at radius 2 is 2.11 bits per heavy atom. The van der Waals surface area contributed by atoms with Crippen molar-refractivity contribution in [3.63, 3.8) is 0 Å². The van der Waals surface area contributed by atoms with Gasteiger partial charge in [-0.05, 0) is 67.6 Å². The number of halogens is 1. The van der Waals surface area contributed by atoms with Crippen molar-refractivity contribution in [3.05, 3.63) is 41.2 Å². The maximum atomic E-state index is 14.6. The number of amides is 2. The van der Waals surface area contributed by atoms with E-state index >= 15 is 0 Å². The predicted octanol–water partition coefficient (Wildman–Crippen LogP) is 1.62. The van der Waals surface area contributed by atoms with Gasteiger partial charge in [-0.15, -0.1) is 0 Å². The Hall–Kier alpha value is -3.44. The SMILES string of the molecule is O=C1COc2ccc(N3CC(CCNCC4Cc5cc(OC6CNC6)cc(F)c5C4)OC3=O)nc2N1. The minimum atomic E-state index is -0.465. The second-order valence-corrected chi connectivity index (χ2v) is 9.68. The summed E-state index contributed by atoms with van der Waals surface area (Å²) in [7, 11) is 0. The van der Waals surface area contributed by atoms with E-state index in [4.69, 9.17) is 14.2 Å². The van der Waals surface area contributed by atoms with Gasteiger partial charge in [0.15, 0.2) is 18.2 Å². The van der Waals surface area contributed by atoms with E-state index in [9.17, 15) is 14.0 Å². The van der Waals surface area contributed by atoms with Crippen molar-refractivity contribution in [2.75, 3.05) is 49.5 Å². The number of benzene rings is 1. The van der Waals surface area contributed by atoms with Gasteiger partial charge in [-0.25, -0.2) is 14.2 Å². The number of rotatable bonds is 8. The highest BCUT2D eigenvalue weighted by molar-refractivity contribution is 5.95. The normalized spacial score (nSPS) is 22.9. The molecule has 0 saturated carbocycles. The Morgan fingerprint density at radius 1 is 1.22 bits per heavy atom. The zero-order valence-corrected chi connectivity index (χ0v) is 19.7. The van der Waals surface area contributed by atoms with E-state index in [0.29, 0.717) is 55.0 Å². The van der Waals surface area contributed by atoms with Crippen molar-refractivity contribution in [3.8, 4) is 11.5 Å². The predicted molar refractivity (Wildman–Crippen MR) is 128 cm³/mol. The molecule has 4 heterocycles. The van der Waals surface area contributed by atoms with E-state index < -0.39 is 6.09 Å². The highest BCUT2D eigenvalue weighted by Crippen LogP contribution is 2.33. The minimum absolute atomic E-state index is 0.0511. The number of ether oxygens (including phenoxy) is 3. The van der Waals surface area contributed by atoms with Gasteiger partial charge in [0.2, 0.25) is 0 Å². The molecule has 36 heavy (non-hydrogen) atoms. The van der Waals surface area contributed by atoms with Crippen LogP contribution in [0.3, 0.4) is 0 Å². The number of fused-ring (bicyclic) bond motifs is 2. The van der Waals surface area contributed by atoms with Crippen LogP contribution in [0.1, 0.15) is 17.5 Å². The highest BCUT2D eigenvalue weighted by atomic mass is 19.1. The molecule has 2 atom stereocenters. The third kappa shape index (κ3) is 4.68. The maximum Gasteiger partial charge on any atom is 0.415 e. The molecule has 1 aliphatic carbocycles. The molecule has 2 unspecified atom stereocenters. The Bertz CT molecular complexity index is 1190. The summed E-state index contributed by atoms with van der Waals surface area (Å²) in [5, 5.41) is 9.24. The zero-order valence-electron chi connectivity index (χ0n) is 19.7. The molecule has 3 aliphatic heterocycles.